The van der Waals surface area contributed by atoms with Gasteiger partial charge in [-0.05, 0) is 38.5 Å². The first kappa shape index (κ1) is 20.2. The van der Waals surface area contributed by atoms with Gasteiger partial charge in [-0.2, -0.15) is 0 Å². The molecule has 8 nitrogen and oxygen atoms in total. The molecule has 2 N–H and O–H groups in total. The number of rotatable bonds is 4. The van der Waals surface area contributed by atoms with Gasteiger partial charge in [-0.1, -0.05) is 0 Å². The van der Waals surface area contributed by atoms with Crippen molar-refractivity contribution in [3.8, 4) is 0 Å². The van der Waals surface area contributed by atoms with Gasteiger partial charge in [0.1, 0.15) is 23.7 Å². The molecular formula is C17H19F2N3O5S. The molecule has 2 atom stereocenters. The molecule has 0 aliphatic carbocycles. The summed E-state index contributed by atoms with van der Waals surface area (Å²) >= 11 is 0. The Kier molecular flexibility index (Phi) is 4.69. The van der Waals surface area contributed by atoms with Crippen molar-refractivity contribution in [2.45, 2.75) is 31.3 Å². The monoisotopic (exact) mass is 415 g/mol. The van der Waals surface area contributed by atoms with Crippen LogP contribution in [0, 0.1) is 11.6 Å². The van der Waals surface area contributed by atoms with Crippen LogP contribution in [0.2, 0.25) is 0 Å². The second-order valence-corrected chi connectivity index (χ2v) is 9.71. The first-order chi connectivity index (χ1) is 12.9. The van der Waals surface area contributed by atoms with Crippen molar-refractivity contribution in [2.75, 3.05) is 18.1 Å². The Hall–Kier alpha value is -2.56. The third-order valence-corrected chi connectivity index (χ3v) is 6.89. The first-order valence-electron chi connectivity index (χ1n) is 8.46. The predicted molar refractivity (Wildman–Crippen MR) is 93.8 cm³/mol. The number of sulfone groups is 1. The van der Waals surface area contributed by atoms with Gasteiger partial charge < -0.3 is 10.6 Å². The van der Waals surface area contributed by atoms with Gasteiger partial charge in [0, 0.05) is 5.56 Å². The highest BCUT2D eigenvalue weighted by Crippen LogP contribution is 2.31. The lowest BCUT2D eigenvalue weighted by Gasteiger charge is -2.25. The highest BCUT2D eigenvalue weighted by atomic mass is 32.2. The maximum atomic E-state index is 14.1. The van der Waals surface area contributed by atoms with Gasteiger partial charge in [-0.25, -0.2) is 22.0 Å². The average Bonchev–Trinajstić information content (AvgIpc) is 2.97. The Morgan fingerprint density at radius 3 is 2.57 bits per heavy atom. The molecule has 2 saturated heterocycles. The fourth-order valence-electron chi connectivity index (χ4n) is 3.53. The van der Waals surface area contributed by atoms with Crippen molar-refractivity contribution in [1.82, 2.24) is 15.5 Å². The number of carbonyl (C=O) groups is 3. The molecule has 0 aromatic heterocycles. The van der Waals surface area contributed by atoms with Crippen LogP contribution in [0.15, 0.2) is 18.2 Å². The summed E-state index contributed by atoms with van der Waals surface area (Å²) in [6, 6.07) is 1.59. The zero-order valence-corrected chi connectivity index (χ0v) is 16.0. The average molecular weight is 415 g/mol. The molecule has 3 rings (SSSR count). The van der Waals surface area contributed by atoms with E-state index >= 15 is 0 Å². The molecule has 4 amide bonds. The molecule has 2 fully saturated rings. The van der Waals surface area contributed by atoms with Gasteiger partial charge in [-0.15, -0.1) is 0 Å². The highest BCUT2D eigenvalue weighted by molar-refractivity contribution is 7.91. The molecule has 2 heterocycles. The van der Waals surface area contributed by atoms with E-state index in [4.69, 9.17) is 0 Å². The number of halogens is 2. The van der Waals surface area contributed by atoms with E-state index in [9.17, 15) is 31.6 Å². The lowest BCUT2D eigenvalue weighted by molar-refractivity contribution is -0.135. The third kappa shape index (κ3) is 3.58. The van der Waals surface area contributed by atoms with Gasteiger partial charge in [0.2, 0.25) is 5.91 Å². The molecule has 0 radical (unpaired) electrons. The molecule has 28 heavy (non-hydrogen) atoms. The molecule has 1 aromatic rings. The number of nitrogens with zero attached hydrogens (tertiary/aromatic N) is 1. The summed E-state index contributed by atoms with van der Waals surface area (Å²) < 4.78 is 50.9. The highest BCUT2D eigenvalue weighted by Gasteiger charge is 2.51. The molecule has 0 spiro atoms. The minimum absolute atomic E-state index is 0.0656. The summed E-state index contributed by atoms with van der Waals surface area (Å²) in [5, 5.41) is 4.83. The smallest absolute Gasteiger partial charge is 0.325 e. The van der Waals surface area contributed by atoms with E-state index in [2.05, 4.69) is 10.6 Å². The predicted octanol–water partition coefficient (Wildman–Crippen LogP) is 0.425. The fraction of sp³-hybridized carbons (Fsp3) is 0.471. The van der Waals surface area contributed by atoms with Crippen LogP contribution in [0.5, 0.6) is 0 Å². The summed E-state index contributed by atoms with van der Waals surface area (Å²) in [6.07, 6.45) is 0.216. The number of carbonyl (C=O) groups excluding carboxylic acids is 3. The topological polar surface area (TPSA) is 113 Å². The second kappa shape index (κ2) is 6.50. The quantitative estimate of drug-likeness (QED) is 0.693. The van der Waals surface area contributed by atoms with E-state index in [1.807, 2.05) is 0 Å². The zero-order valence-electron chi connectivity index (χ0n) is 15.2. The first-order valence-corrected chi connectivity index (χ1v) is 10.3. The van der Waals surface area contributed by atoms with Gasteiger partial charge in [0.25, 0.3) is 5.91 Å². The lowest BCUT2D eigenvalue weighted by Crippen LogP contribution is -2.51. The van der Waals surface area contributed by atoms with E-state index < -0.39 is 56.9 Å². The van der Waals surface area contributed by atoms with E-state index in [1.54, 1.807) is 6.92 Å². The van der Waals surface area contributed by atoms with Crippen LogP contribution in [0.1, 0.15) is 25.8 Å². The number of hydrogen-bond donors (Lipinski definition) is 2. The maximum absolute atomic E-state index is 14.1. The van der Waals surface area contributed by atoms with Crippen LogP contribution < -0.4 is 10.6 Å². The minimum atomic E-state index is -3.26. The summed E-state index contributed by atoms with van der Waals surface area (Å²) in [4.78, 5) is 37.9. The Morgan fingerprint density at radius 2 is 1.96 bits per heavy atom. The largest absolute Gasteiger partial charge is 0.348 e. The summed E-state index contributed by atoms with van der Waals surface area (Å²) in [5.74, 6) is -3.62. The Balaban J connectivity index is 1.77. The van der Waals surface area contributed by atoms with Crippen LogP contribution in [-0.2, 0) is 25.0 Å². The molecule has 0 saturated carbocycles. The Morgan fingerprint density at radius 1 is 1.29 bits per heavy atom. The summed E-state index contributed by atoms with van der Waals surface area (Å²) in [5.41, 5.74) is -3.22. The molecule has 152 valence electrons. The van der Waals surface area contributed by atoms with Gasteiger partial charge >= 0.3 is 6.03 Å². The summed E-state index contributed by atoms with van der Waals surface area (Å²) in [6.45, 7) is 2.11. The van der Waals surface area contributed by atoms with E-state index in [0.717, 1.165) is 18.2 Å². The van der Waals surface area contributed by atoms with E-state index in [0.29, 0.717) is 4.90 Å². The van der Waals surface area contributed by atoms with E-state index in [1.165, 1.54) is 6.92 Å². The summed E-state index contributed by atoms with van der Waals surface area (Å²) in [7, 11) is -3.26. The Labute approximate surface area is 160 Å². The van der Waals surface area contributed by atoms with Crippen LogP contribution in [-0.4, -0.2) is 54.8 Å². The molecule has 0 bridgehead atoms. The van der Waals surface area contributed by atoms with Crippen molar-refractivity contribution in [3.63, 3.8) is 0 Å². The Bertz CT molecular complexity index is 983. The van der Waals surface area contributed by atoms with Crippen LogP contribution in [0.4, 0.5) is 13.6 Å². The van der Waals surface area contributed by atoms with Crippen molar-refractivity contribution >= 4 is 27.7 Å². The van der Waals surface area contributed by atoms with Crippen LogP contribution >= 0.6 is 0 Å². The van der Waals surface area contributed by atoms with Gasteiger partial charge in [0.05, 0.1) is 17.0 Å². The number of urea groups is 1. The number of benzene rings is 1. The molecule has 2 aliphatic heterocycles. The normalized spacial score (nSPS) is 29.1. The minimum Gasteiger partial charge on any atom is -0.348 e. The van der Waals surface area contributed by atoms with Crippen LogP contribution in [0.3, 0.4) is 0 Å². The molecule has 2 aliphatic rings. The third-order valence-electron chi connectivity index (χ3n) is 4.99. The zero-order chi connectivity index (χ0) is 20.9. The second-order valence-electron chi connectivity index (χ2n) is 7.52. The van der Waals surface area contributed by atoms with Crippen molar-refractivity contribution in [2.24, 2.45) is 0 Å². The maximum Gasteiger partial charge on any atom is 0.325 e. The number of hydrogen-bond acceptors (Lipinski definition) is 5. The molecule has 11 heteroatoms. The lowest BCUT2D eigenvalue weighted by atomic mass is 9.91. The van der Waals surface area contributed by atoms with Gasteiger partial charge in [0.15, 0.2) is 9.84 Å². The van der Waals surface area contributed by atoms with Crippen molar-refractivity contribution < 1.29 is 31.6 Å². The van der Waals surface area contributed by atoms with E-state index in [-0.39, 0.29) is 23.5 Å². The van der Waals surface area contributed by atoms with Crippen LogP contribution in [0.25, 0.3) is 0 Å². The fourth-order valence-corrected chi connectivity index (χ4v) is 5.63. The number of imide groups is 1. The van der Waals surface area contributed by atoms with Gasteiger partial charge in [-0.3, -0.25) is 14.5 Å². The molecule has 1 aromatic carbocycles. The molecular weight excluding hydrogens is 396 g/mol. The SMILES string of the molecule is C[C@@]1(NC(=O)CN2C(=O)N[C@](C)(c3cc(F)ccc3F)C2=O)CCS(=O)(=O)C1. The van der Waals surface area contributed by atoms with Crippen molar-refractivity contribution in [1.29, 1.82) is 0 Å². The number of amides is 4. The van der Waals surface area contributed by atoms with Crippen molar-refractivity contribution in [3.05, 3.63) is 35.4 Å². The molecule has 0 unspecified atom stereocenters. The standard InChI is InChI=1S/C17H19F2N3O5S/c1-16(5-6-28(26,27)9-16)20-13(23)8-22-14(24)17(2,21-15(22)25)11-7-10(18)3-4-12(11)19/h3-4,7H,5-6,8-9H2,1-2H3,(H,20,23)(H,21,25)/t16-,17-/m1/s1. The number of nitrogens with one attached hydrogen (secondary N) is 2.